The van der Waals surface area contributed by atoms with E-state index in [1.54, 1.807) is 4.57 Å². The summed E-state index contributed by atoms with van der Waals surface area (Å²) in [5.41, 5.74) is 0. The number of carbonyl (C=O) groups is 2. The topological polar surface area (TPSA) is 37.4 Å². The Labute approximate surface area is 120 Å². The molecule has 2 aliphatic rings. The number of carbonyl (C=O) groups excluding carboxylic acids is 2. The third-order valence-electron chi connectivity index (χ3n) is 3.51. The van der Waals surface area contributed by atoms with Crippen molar-refractivity contribution in [2.75, 3.05) is 5.34 Å². The second-order valence-electron chi connectivity index (χ2n) is 5.78. The van der Waals surface area contributed by atoms with Crippen LogP contribution in [0.1, 0.15) is 25.7 Å². The van der Waals surface area contributed by atoms with Crippen molar-refractivity contribution in [3.8, 4) is 0 Å². The number of hydrogen-bond acceptors (Lipinski definition) is 2. The molecular formula is C12H21Cl2NO2Si. The van der Waals surface area contributed by atoms with Gasteiger partial charge in [-0.15, -0.1) is 23.2 Å². The Bertz CT molecular complexity index is 307. The number of amides is 2. The molecular weight excluding hydrogens is 289 g/mol. The van der Waals surface area contributed by atoms with E-state index in [2.05, 4.69) is 19.6 Å². The third-order valence-corrected chi connectivity index (χ3v) is 5.29. The Kier molecular flexibility index (Phi) is 5.68. The SMILES string of the molecule is C[Si](C)(C)N1C(=O)C2CCCCC2C1=O.ClCCl. The highest BCUT2D eigenvalue weighted by Gasteiger charge is 2.51. The van der Waals surface area contributed by atoms with Crippen molar-refractivity contribution in [2.45, 2.75) is 45.3 Å². The van der Waals surface area contributed by atoms with Crippen molar-refractivity contribution in [3.63, 3.8) is 0 Å². The van der Waals surface area contributed by atoms with E-state index in [4.69, 9.17) is 23.2 Å². The molecule has 3 nitrogen and oxygen atoms in total. The minimum atomic E-state index is -1.80. The van der Waals surface area contributed by atoms with E-state index in [-0.39, 0.29) is 29.0 Å². The van der Waals surface area contributed by atoms with Gasteiger partial charge < -0.3 is 4.57 Å². The summed E-state index contributed by atoms with van der Waals surface area (Å²) in [5.74, 6) is 0.309. The third kappa shape index (κ3) is 3.28. The second kappa shape index (κ2) is 6.39. The first-order chi connectivity index (χ1) is 8.34. The van der Waals surface area contributed by atoms with E-state index in [0.717, 1.165) is 25.7 Å². The zero-order valence-electron chi connectivity index (χ0n) is 11.2. The van der Waals surface area contributed by atoms with Gasteiger partial charge in [0.05, 0.1) is 5.34 Å². The van der Waals surface area contributed by atoms with Gasteiger partial charge in [-0.2, -0.15) is 0 Å². The van der Waals surface area contributed by atoms with Crippen molar-refractivity contribution < 1.29 is 9.59 Å². The first kappa shape index (κ1) is 16.0. The van der Waals surface area contributed by atoms with Crippen LogP contribution >= 0.6 is 23.2 Å². The van der Waals surface area contributed by atoms with Crippen LogP contribution in [-0.4, -0.2) is 30.0 Å². The molecule has 6 heteroatoms. The minimum Gasteiger partial charge on any atom is -0.312 e. The Morgan fingerprint density at radius 3 is 1.67 bits per heavy atom. The van der Waals surface area contributed by atoms with Gasteiger partial charge in [-0.05, 0) is 12.8 Å². The lowest BCUT2D eigenvalue weighted by molar-refractivity contribution is -0.134. The Morgan fingerprint density at radius 1 is 1.06 bits per heavy atom. The highest BCUT2D eigenvalue weighted by Crippen LogP contribution is 2.39. The Balaban J connectivity index is 0.000000492. The molecule has 0 aromatic rings. The molecule has 0 aromatic carbocycles. The molecule has 0 bridgehead atoms. The van der Waals surface area contributed by atoms with Crippen molar-refractivity contribution in [1.82, 2.24) is 4.57 Å². The molecule has 1 heterocycles. The monoisotopic (exact) mass is 309 g/mol. The molecule has 2 unspecified atom stereocenters. The van der Waals surface area contributed by atoms with Gasteiger partial charge in [0.15, 0.2) is 8.24 Å². The summed E-state index contributed by atoms with van der Waals surface area (Å²) in [7, 11) is -1.80. The number of halogens is 2. The Hall–Kier alpha value is -0.0631. The Morgan fingerprint density at radius 2 is 1.39 bits per heavy atom. The van der Waals surface area contributed by atoms with Gasteiger partial charge in [0.25, 0.3) is 0 Å². The highest BCUT2D eigenvalue weighted by molar-refractivity contribution is 6.78. The molecule has 2 atom stereocenters. The normalized spacial score (nSPS) is 27.7. The molecule has 1 aliphatic heterocycles. The molecule has 0 N–H and O–H groups in total. The van der Waals surface area contributed by atoms with Crippen LogP contribution in [0, 0.1) is 11.8 Å². The fraction of sp³-hybridized carbons (Fsp3) is 0.833. The van der Waals surface area contributed by atoms with Crippen molar-refractivity contribution in [2.24, 2.45) is 11.8 Å². The summed E-state index contributed by atoms with van der Waals surface area (Å²) in [5, 5.41) is 0.194. The van der Waals surface area contributed by atoms with Crippen LogP contribution in [0.2, 0.25) is 19.6 Å². The fourth-order valence-electron chi connectivity index (χ4n) is 2.82. The average Bonchev–Trinajstić information content (AvgIpc) is 2.53. The van der Waals surface area contributed by atoms with Gasteiger partial charge in [-0.1, -0.05) is 32.5 Å². The quantitative estimate of drug-likeness (QED) is 0.423. The largest absolute Gasteiger partial charge is 0.312 e. The molecule has 0 spiro atoms. The predicted molar refractivity (Wildman–Crippen MR) is 77.2 cm³/mol. The lowest BCUT2D eigenvalue weighted by Crippen LogP contribution is -2.50. The first-order valence-corrected chi connectivity index (χ1v) is 10.9. The van der Waals surface area contributed by atoms with Crippen LogP contribution in [0.15, 0.2) is 0 Å². The summed E-state index contributed by atoms with van der Waals surface area (Å²) >= 11 is 9.53. The van der Waals surface area contributed by atoms with Gasteiger partial charge in [-0.25, -0.2) is 0 Å². The molecule has 1 saturated heterocycles. The second-order valence-corrected chi connectivity index (χ2v) is 11.4. The zero-order chi connectivity index (χ0) is 13.9. The minimum absolute atomic E-state index is 0.0259. The van der Waals surface area contributed by atoms with Crippen LogP contribution in [0.5, 0.6) is 0 Å². The number of rotatable bonds is 1. The summed E-state index contributed by atoms with van der Waals surface area (Å²) < 4.78 is 1.63. The van der Waals surface area contributed by atoms with E-state index in [1.807, 2.05) is 0 Å². The maximum Gasteiger partial charge on any atom is 0.225 e. The van der Waals surface area contributed by atoms with Crippen molar-refractivity contribution >= 4 is 43.3 Å². The summed E-state index contributed by atoms with van der Waals surface area (Å²) in [6.07, 6.45) is 4.08. The molecule has 0 radical (unpaired) electrons. The van der Waals surface area contributed by atoms with Gasteiger partial charge >= 0.3 is 0 Å². The van der Waals surface area contributed by atoms with E-state index in [0.29, 0.717) is 0 Å². The van der Waals surface area contributed by atoms with Crippen molar-refractivity contribution in [3.05, 3.63) is 0 Å². The number of imide groups is 1. The summed E-state index contributed by atoms with van der Waals surface area (Å²) in [4.78, 5) is 24.3. The number of fused-ring (bicyclic) bond motifs is 1. The molecule has 1 saturated carbocycles. The molecule has 18 heavy (non-hydrogen) atoms. The van der Waals surface area contributed by atoms with Crippen LogP contribution in [0.25, 0.3) is 0 Å². The number of nitrogens with zero attached hydrogens (tertiary/aromatic N) is 1. The lowest BCUT2D eigenvalue weighted by Gasteiger charge is -2.28. The van der Waals surface area contributed by atoms with Gasteiger partial charge in [0.1, 0.15) is 0 Å². The first-order valence-electron chi connectivity index (χ1n) is 6.34. The fourth-order valence-corrected chi connectivity index (χ4v) is 4.48. The molecule has 2 amide bonds. The van der Waals surface area contributed by atoms with Crippen LogP contribution in [-0.2, 0) is 9.59 Å². The smallest absolute Gasteiger partial charge is 0.225 e. The van der Waals surface area contributed by atoms with Crippen molar-refractivity contribution in [1.29, 1.82) is 0 Å². The van der Waals surface area contributed by atoms with E-state index in [9.17, 15) is 9.59 Å². The number of alkyl halides is 2. The highest BCUT2D eigenvalue weighted by atomic mass is 35.5. The maximum atomic E-state index is 12.1. The average molecular weight is 310 g/mol. The molecule has 104 valence electrons. The standard InChI is InChI=1S/C11H19NO2Si.CH2Cl2/c1-15(2,3)12-10(13)8-6-4-5-7-9(8)11(12)14;2-1-3/h8-9H,4-7H2,1-3H3;1H2. The summed E-state index contributed by atoms with van der Waals surface area (Å²) in [6.45, 7) is 6.21. The van der Waals surface area contributed by atoms with E-state index >= 15 is 0 Å². The molecule has 2 rings (SSSR count). The van der Waals surface area contributed by atoms with Crippen LogP contribution in [0.3, 0.4) is 0 Å². The number of hydrogen-bond donors (Lipinski definition) is 0. The molecule has 0 aromatic heterocycles. The lowest BCUT2D eigenvalue weighted by atomic mass is 9.81. The van der Waals surface area contributed by atoms with Gasteiger partial charge in [0, 0.05) is 11.8 Å². The summed E-state index contributed by atoms with van der Waals surface area (Å²) in [6, 6.07) is 0. The molecule has 1 aliphatic carbocycles. The van der Waals surface area contributed by atoms with Gasteiger partial charge in [0.2, 0.25) is 11.8 Å². The van der Waals surface area contributed by atoms with Crippen LogP contribution < -0.4 is 0 Å². The maximum absolute atomic E-state index is 12.1. The zero-order valence-corrected chi connectivity index (χ0v) is 13.7. The predicted octanol–water partition coefficient (Wildman–Crippen LogP) is 3.42. The van der Waals surface area contributed by atoms with E-state index in [1.165, 1.54) is 0 Å². The van der Waals surface area contributed by atoms with Crippen LogP contribution in [0.4, 0.5) is 0 Å². The molecule has 2 fully saturated rings. The van der Waals surface area contributed by atoms with Gasteiger partial charge in [-0.3, -0.25) is 9.59 Å². The van der Waals surface area contributed by atoms with E-state index < -0.39 is 8.24 Å².